The van der Waals surface area contributed by atoms with Crippen LogP contribution in [-0.4, -0.2) is 54.5 Å². The van der Waals surface area contributed by atoms with Crippen molar-refractivity contribution in [1.82, 2.24) is 10.2 Å². The van der Waals surface area contributed by atoms with E-state index in [0.29, 0.717) is 18.7 Å². The number of hydrogen-bond donors (Lipinski definition) is 2. The zero-order valence-electron chi connectivity index (χ0n) is 14.2. The summed E-state index contributed by atoms with van der Waals surface area (Å²) < 4.78 is 40.8. The summed E-state index contributed by atoms with van der Waals surface area (Å²) in [6, 6.07) is 7.15. The van der Waals surface area contributed by atoms with E-state index in [1.165, 1.54) is 0 Å². The van der Waals surface area contributed by atoms with Gasteiger partial charge >= 0.3 is 6.18 Å². The van der Waals surface area contributed by atoms with Crippen LogP contribution in [-0.2, 0) is 17.9 Å². The van der Waals surface area contributed by atoms with Crippen LogP contribution in [0.5, 0.6) is 0 Å². The molecule has 25 heavy (non-hydrogen) atoms. The van der Waals surface area contributed by atoms with Gasteiger partial charge in [-0.3, -0.25) is 0 Å². The monoisotopic (exact) mass is 359 g/mol. The lowest BCUT2D eigenvalue weighted by atomic mass is 10.1. The van der Waals surface area contributed by atoms with Crippen LogP contribution >= 0.6 is 0 Å². The Morgan fingerprint density at radius 2 is 2.00 bits per heavy atom. The highest BCUT2D eigenvalue weighted by Gasteiger charge is 2.27. The predicted octanol–water partition coefficient (Wildman–Crippen LogP) is 2.30. The summed E-state index contributed by atoms with van der Waals surface area (Å²) in [6.45, 7) is 3.20. The highest BCUT2D eigenvalue weighted by Crippen LogP contribution is 2.16. The van der Waals surface area contributed by atoms with Crippen LogP contribution in [0, 0.1) is 0 Å². The van der Waals surface area contributed by atoms with Crippen LogP contribution in [0.3, 0.4) is 0 Å². The molecule has 140 valence electrons. The summed E-state index contributed by atoms with van der Waals surface area (Å²) in [4.78, 5) is 6.59. The van der Waals surface area contributed by atoms with Gasteiger partial charge in [-0.15, -0.1) is 0 Å². The van der Waals surface area contributed by atoms with Gasteiger partial charge in [-0.2, -0.15) is 13.2 Å². The van der Waals surface area contributed by atoms with E-state index in [2.05, 4.69) is 15.0 Å². The molecule has 5 nitrogen and oxygen atoms in total. The van der Waals surface area contributed by atoms with E-state index in [4.69, 9.17) is 0 Å². The molecular formula is C17H24F3N3O2. The summed E-state index contributed by atoms with van der Waals surface area (Å²) >= 11 is 0. The summed E-state index contributed by atoms with van der Waals surface area (Å²) in [5, 5.41) is 12.9. The Balaban J connectivity index is 1.88. The van der Waals surface area contributed by atoms with Gasteiger partial charge in [0.15, 0.2) is 5.96 Å². The fourth-order valence-corrected chi connectivity index (χ4v) is 2.55. The number of hydrogen-bond acceptors (Lipinski definition) is 3. The molecule has 1 atom stereocenters. The van der Waals surface area contributed by atoms with Gasteiger partial charge in [0.05, 0.1) is 19.3 Å². The molecule has 0 saturated carbocycles. The summed E-state index contributed by atoms with van der Waals surface area (Å²) in [6.07, 6.45) is -3.89. The molecule has 1 aromatic carbocycles. The van der Waals surface area contributed by atoms with E-state index >= 15 is 0 Å². The number of nitrogens with one attached hydrogen (secondary N) is 1. The van der Waals surface area contributed by atoms with Crippen molar-refractivity contribution in [2.24, 2.45) is 4.99 Å². The van der Waals surface area contributed by atoms with Crippen molar-refractivity contribution in [1.29, 1.82) is 0 Å². The number of aliphatic hydroxyl groups is 1. The number of aliphatic imine (C=N–C) groups is 1. The lowest BCUT2D eigenvalue weighted by molar-refractivity contribution is -0.176. The molecule has 0 bridgehead atoms. The van der Waals surface area contributed by atoms with Gasteiger partial charge in [-0.05, 0) is 24.5 Å². The van der Waals surface area contributed by atoms with E-state index in [0.717, 1.165) is 31.0 Å². The number of likely N-dealkylation sites (tertiary alicyclic amines) is 1. The zero-order valence-corrected chi connectivity index (χ0v) is 14.2. The maximum Gasteiger partial charge on any atom is 0.411 e. The van der Waals surface area contributed by atoms with Crippen molar-refractivity contribution < 1.29 is 23.0 Å². The van der Waals surface area contributed by atoms with Crippen LogP contribution in [0.1, 0.15) is 24.5 Å². The Morgan fingerprint density at radius 1 is 1.32 bits per heavy atom. The molecule has 1 fully saturated rings. The first-order valence-electron chi connectivity index (χ1n) is 8.31. The first-order chi connectivity index (χ1) is 11.9. The first kappa shape index (κ1) is 19.5. The van der Waals surface area contributed by atoms with Crippen molar-refractivity contribution >= 4 is 5.96 Å². The van der Waals surface area contributed by atoms with Crippen LogP contribution in [0.2, 0.25) is 0 Å². The average molecular weight is 359 g/mol. The lowest BCUT2D eigenvalue weighted by Crippen LogP contribution is -2.40. The summed E-state index contributed by atoms with van der Waals surface area (Å²) in [7, 11) is 0. The van der Waals surface area contributed by atoms with E-state index in [-0.39, 0.29) is 12.7 Å². The molecule has 0 radical (unpaired) electrons. The molecule has 1 heterocycles. The van der Waals surface area contributed by atoms with Crippen LogP contribution in [0.4, 0.5) is 13.2 Å². The molecule has 0 aromatic heterocycles. The van der Waals surface area contributed by atoms with E-state index in [9.17, 15) is 18.3 Å². The lowest BCUT2D eigenvalue weighted by Gasteiger charge is -2.20. The molecule has 1 aromatic rings. The number of halogens is 3. The summed E-state index contributed by atoms with van der Waals surface area (Å²) in [5.74, 6) is 0.761. The molecule has 1 aliphatic heterocycles. The highest BCUT2D eigenvalue weighted by atomic mass is 19.4. The van der Waals surface area contributed by atoms with Crippen LogP contribution in [0.25, 0.3) is 0 Å². The van der Waals surface area contributed by atoms with E-state index in [1.807, 2.05) is 24.0 Å². The molecule has 0 aliphatic carbocycles. The zero-order chi connectivity index (χ0) is 18.3. The van der Waals surface area contributed by atoms with Crippen molar-refractivity contribution in [2.45, 2.75) is 38.8 Å². The number of β-amino-alcohol motifs (C(OH)–C–C–N with tert-alkyl or cyclic N) is 1. The minimum absolute atomic E-state index is 0.0721. The quantitative estimate of drug-likeness (QED) is 0.605. The maximum absolute atomic E-state index is 12.0. The van der Waals surface area contributed by atoms with Gasteiger partial charge in [0.2, 0.25) is 0 Å². The van der Waals surface area contributed by atoms with Gasteiger partial charge in [0.25, 0.3) is 0 Å². The molecule has 0 amide bonds. The second kappa shape index (κ2) is 9.05. The number of alkyl halides is 3. The molecule has 8 heteroatoms. The largest absolute Gasteiger partial charge is 0.411 e. The number of guanidine groups is 1. The fourth-order valence-electron chi connectivity index (χ4n) is 2.55. The van der Waals surface area contributed by atoms with Crippen LogP contribution in [0.15, 0.2) is 29.3 Å². The topological polar surface area (TPSA) is 57.1 Å². The standard InChI is InChI=1S/C17H24F3N3O2/c1-2-21-16(23-8-7-15(24)10-23)22-9-13-3-5-14(6-4-13)11-25-12-17(18,19)20/h3-6,15,24H,2,7-12H2,1H3,(H,21,22)/t15-/m1/s1. The number of benzene rings is 1. The van der Waals surface area contributed by atoms with Gasteiger partial charge in [-0.1, -0.05) is 24.3 Å². The Morgan fingerprint density at radius 3 is 2.56 bits per heavy atom. The normalized spacial score (nSPS) is 18.7. The number of nitrogens with zero attached hydrogens (tertiary/aromatic N) is 2. The molecule has 2 N–H and O–H groups in total. The minimum Gasteiger partial charge on any atom is -0.391 e. The SMILES string of the molecule is CCNC(=NCc1ccc(COCC(F)(F)F)cc1)N1CC[C@@H](O)C1. The van der Waals surface area contributed by atoms with Crippen molar-refractivity contribution in [3.63, 3.8) is 0 Å². The fraction of sp³-hybridized carbons (Fsp3) is 0.588. The second-order valence-corrected chi connectivity index (χ2v) is 5.98. The molecule has 2 rings (SSSR count). The Kier molecular flexibility index (Phi) is 7.07. The third-order valence-corrected chi connectivity index (χ3v) is 3.77. The minimum atomic E-state index is -4.31. The number of aliphatic hydroxyl groups excluding tert-OH is 1. The van der Waals surface area contributed by atoms with Gasteiger partial charge in [-0.25, -0.2) is 4.99 Å². The molecule has 1 saturated heterocycles. The van der Waals surface area contributed by atoms with Crippen molar-refractivity contribution in [3.05, 3.63) is 35.4 Å². The molecule has 0 spiro atoms. The van der Waals surface area contributed by atoms with Crippen LogP contribution < -0.4 is 5.32 Å². The van der Waals surface area contributed by atoms with E-state index < -0.39 is 12.8 Å². The van der Waals surface area contributed by atoms with Gasteiger partial charge < -0.3 is 20.1 Å². The van der Waals surface area contributed by atoms with E-state index in [1.54, 1.807) is 12.1 Å². The number of rotatable bonds is 6. The Labute approximate surface area is 145 Å². The molecular weight excluding hydrogens is 335 g/mol. The highest BCUT2D eigenvalue weighted by molar-refractivity contribution is 5.80. The molecule has 1 aliphatic rings. The second-order valence-electron chi connectivity index (χ2n) is 5.98. The van der Waals surface area contributed by atoms with Crippen molar-refractivity contribution in [3.8, 4) is 0 Å². The third kappa shape index (κ3) is 6.91. The van der Waals surface area contributed by atoms with Gasteiger partial charge in [0.1, 0.15) is 6.61 Å². The summed E-state index contributed by atoms with van der Waals surface area (Å²) in [5.41, 5.74) is 1.64. The Hall–Kier alpha value is -1.80. The van der Waals surface area contributed by atoms with Gasteiger partial charge in [0, 0.05) is 19.6 Å². The number of ether oxygens (including phenoxy) is 1. The maximum atomic E-state index is 12.0. The average Bonchev–Trinajstić information content (AvgIpc) is 2.98. The smallest absolute Gasteiger partial charge is 0.391 e. The Bertz CT molecular complexity index is 561. The predicted molar refractivity (Wildman–Crippen MR) is 89.2 cm³/mol. The third-order valence-electron chi connectivity index (χ3n) is 3.77. The first-order valence-corrected chi connectivity index (χ1v) is 8.31. The molecule has 0 unspecified atom stereocenters. The van der Waals surface area contributed by atoms with Crippen molar-refractivity contribution in [2.75, 3.05) is 26.2 Å².